The van der Waals surface area contributed by atoms with Gasteiger partial charge in [0.15, 0.2) is 6.29 Å². The third-order valence-corrected chi connectivity index (χ3v) is 4.22. The van der Waals surface area contributed by atoms with Gasteiger partial charge in [-0.05, 0) is 18.3 Å². The van der Waals surface area contributed by atoms with E-state index in [0.717, 1.165) is 18.8 Å². The fourth-order valence-electron chi connectivity index (χ4n) is 2.61. The Morgan fingerprint density at radius 2 is 1.64 bits per heavy atom. The average Bonchev–Trinajstić information content (AvgIpc) is 2.47. The molecule has 1 aliphatic heterocycles. The van der Waals surface area contributed by atoms with Crippen LogP contribution in [0.4, 0.5) is 0 Å². The minimum Gasteiger partial charge on any atom is -0.394 e. The molecule has 0 amide bonds. The van der Waals surface area contributed by atoms with Crippen LogP contribution in [0.5, 0.6) is 0 Å². The first kappa shape index (κ1) is 19.8. The van der Waals surface area contributed by atoms with Gasteiger partial charge in [-0.25, -0.2) is 0 Å². The van der Waals surface area contributed by atoms with Crippen molar-refractivity contribution in [2.75, 3.05) is 13.2 Å². The maximum Gasteiger partial charge on any atom is 0.186 e. The van der Waals surface area contributed by atoms with E-state index in [-0.39, 0.29) is 0 Å². The summed E-state index contributed by atoms with van der Waals surface area (Å²) in [4.78, 5) is 0. The highest BCUT2D eigenvalue weighted by molar-refractivity contribution is 4.88. The summed E-state index contributed by atoms with van der Waals surface area (Å²) in [5.41, 5.74) is 0. The number of aliphatic hydroxyl groups is 4. The van der Waals surface area contributed by atoms with Crippen molar-refractivity contribution in [2.45, 2.75) is 77.2 Å². The molecule has 6 heteroatoms. The second kappa shape index (κ2) is 9.80. The van der Waals surface area contributed by atoms with Gasteiger partial charge in [0.2, 0.25) is 0 Å². The van der Waals surface area contributed by atoms with Gasteiger partial charge in [-0.2, -0.15) is 0 Å². The Morgan fingerprint density at radius 1 is 0.955 bits per heavy atom. The highest BCUT2D eigenvalue weighted by Gasteiger charge is 2.43. The fourth-order valence-corrected chi connectivity index (χ4v) is 2.61. The van der Waals surface area contributed by atoms with Crippen molar-refractivity contribution in [2.24, 2.45) is 11.8 Å². The van der Waals surface area contributed by atoms with Gasteiger partial charge in [-0.1, -0.05) is 40.0 Å². The maximum atomic E-state index is 9.85. The number of ether oxygens (including phenoxy) is 2. The van der Waals surface area contributed by atoms with Crippen LogP contribution in [0.25, 0.3) is 0 Å². The second-order valence-electron chi connectivity index (χ2n) is 6.79. The lowest BCUT2D eigenvalue weighted by Gasteiger charge is -2.39. The smallest absolute Gasteiger partial charge is 0.186 e. The van der Waals surface area contributed by atoms with Gasteiger partial charge in [0.1, 0.15) is 24.4 Å². The molecule has 1 rings (SSSR count). The first-order valence-electron chi connectivity index (χ1n) is 8.28. The van der Waals surface area contributed by atoms with Crippen LogP contribution in [0.1, 0.15) is 46.5 Å². The van der Waals surface area contributed by atoms with Crippen molar-refractivity contribution >= 4 is 0 Å². The molecule has 22 heavy (non-hydrogen) atoms. The van der Waals surface area contributed by atoms with E-state index in [1.807, 2.05) is 0 Å². The van der Waals surface area contributed by atoms with E-state index in [1.54, 1.807) is 0 Å². The Balaban J connectivity index is 2.28. The lowest BCUT2D eigenvalue weighted by molar-refractivity contribution is -0.301. The average molecular weight is 320 g/mol. The zero-order chi connectivity index (χ0) is 16.7. The van der Waals surface area contributed by atoms with Crippen LogP contribution in [-0.2, 0) is 9.47 Å². The normalized spacial score (nSPS) is 34.1. The Kier molecular flexibility index (Phi) is 8.82. The molecule has 1 fully saturated rings. The summed E-state index contributed by atoms with van der Waals surface area (Å²) < 4.78 is 10.8. The first-order valence-corrected chi connectivity index (χ1v) is 8.28. The summed E-state index contributed by atoms with van der Waals surface area (Å²) in [6.07, 6.45) is -1.56. The Morgan fingerprint density at radius 3 is 2.23 bits per heavy atom. The first-order chi connectivity index (χ1) is 10.4. The van der Waals surface area contributed by atoms with Gasteiger partial charge < -0.3 is 29.9 Å². The van der Waals surface area contributed by atoms with Gasteiger partial charge in [0.05, 0.1) is 13.2 Å². The number of hydrogen-bond acceptors (Lipinski definition) is 6. The van der Waals surface area contributed by atoms with Crippen molar-refractivity contribution in [1.82, 2.24) is 0 Å². The van der Waals surface area contributed by atoms with Crippen molar-refractivity contribution in [3.8, 4) is 0 Å². The highest BCUT2D eigenvalue weighted by Crippen LogP contribution is 2.23. The number of aliphatic hydroxyl groups excluding tert-OH is 4. The van der Waals surface area contributed by atoms with Crippen molar-refractivity contribution in [3.63, 3.8) is 0 Å². The number of rotatable bonds is 9. The molecular weight excluding hydrogens is 288 g/mol. The van der Waals surface area contributed by atoms with Gasteiger partial charge in [0, 0.05) is 0 Å². The summed E-state index contributed by atoms with van der Waals surface area (Å²) >= 11 is 0. The van der Waals surface area contributed by atoms with Crippen molar-refractivity contribution < 1.29 is 29.9 Å². The third-order valence-electron chi connectivity index (χ3n) is 4.22. The van der Waals surface area contributed by atoms with E-state index in [4.69, 9.17) is 14.6 Å². The summed E-state index contributed by atoms with van der Waals surface area (Å²) in [6.45, 7) is 6.57. The number of hydrogen-bond donors (Lipinski definition) is 4. The molecule has 0 aliphatic carbocycles. The van der Waals surface area contributed by atoms with Crippen LogP contribution in [0, 0.1) is 11.8 Å². The quantitative estimate of drug-likeness (QED) is 0.498. The summed E-state index contributed by atoms with van der Waals surface area (Å²) in [7, 11) is 0. The molecule has 0 saturated carbocycles. The Labute approximate surface area is 133 Å². The molecule has 0 spiro atoms. The van der Waals surface area contributed by atoms with Crippen LogP contribution in [0.15, 0.2) is 0 Å². The molecule has 1 saturated heterocycles. The van der Waals surface area contributed by atoms with Gasteiger partial charge in [-0.15, -0.1) is 0 Å². The molecule has 0 aromatic rings. The monoisotopic (exact) mass is 320 g/mol. The molecule has 0 aromatic heterocycles. The van der Waals surface area contributed by atoms with Crippen LogP contribution in [0.2, 0.25) is 0 Å². The molecule has 4 N–H and O–H groups in total. The van der Waals surface area contributed by atoms with E-state index < -0.39 is 37.3 Å². The molecule has 0 aromatic carbocycles. The highest BCUT2D eigenvalue weighted by atomic mass is 16.7. The van der Waals surface area contributed by atoms with Gasteiger partial charge in [-0.3, -0.25) is 0 Å². The van der Waals surface area contributed by atoms with Gasteiger partial charge >= 0.3 is 0 Å². The van der Waals surface area contributed by atoms with E-state index in [0.29, 0.717) is 12.5 Å². The third kappa shape index (κ3) is 6.10. The van der Waals surface area contributed by atoms with Crippen molar-refractivity contribution in [1.29, 1.82) is 0 Å². The Hall–Kier alpha value is -0.240. The zero-order valence-electron chi connectivity index (χ0n) is 13.9. The van der Waals surface area contributed by atoms with Crippen LogP contribution >= 0.6 is 0 Å². The summed E-state index contributed by atoms with van der Waals surface area (Å²) in [6, 6.07) is 0. The van der Waals surface area contributed by atoms with E-state index in [9.17, 15) is 15.3 Å². The van der Waals surface area contributed by atoms with Gasteiger partial charge in [0.25, 0.3) is 0 Å². The molecule has 0 radical (unpaired) electrons. The molecule has 6 atom stereocenters. The molecule has 0 bridgehead atoms. The molecule has 6 nitrogen and oxygen atoms in total. The predicted molar refractivity (Wildman–Crippen MR) is 82.2 cm³/mol. The Bertz CT molecular complexity index is 296. The van der Waals surface area contributed by atoms with Crippen LogP contribution < -0.4 is 0 Å². The van der Waals surface area contributed by atoms with E-state index in [2.05, 4.69) is 20.8 Å². The van der Waals surface area contributed by atoms with E-state index in [1.165, 1.54) is 12.8 Å². The van der Waals surface area contributed by atoms with Crippen LogP contribution in [-0.4, -0.2) is 64.3 Å². The van der Waals surface area contributed by atoms with Crippen molar-refractivity contribution in [3.05, 3.63) is 0 Å². The zero-order valence-corrected chi connectivity index (χ0v) is 13.9. The minimum absolute atomic E-state index is 0.408. The largest absolute Gasteiger partial charge is 0.394 e. The predicted octanol–water partition coefficient (Wildman–Crippen LogP) is 0.655. The SMILES string of the molecule is CC(C)CCC[C@H](C)CCO[C@@H]1OC(CO)[C@@H](O)C(O)C1O. The van der Waals surface area contributed by atoms with Crippen LogP contribution in [0.3, 0.4) is 0 Å². The van der Waals surface area contributed by atoms with E-state index >= 15 is 0 Å². The lowest BCUT2D eigenvalue weighted by Crippen LogP contribution is -2.59. The molecule has 132 valence electrons. The molecular formula is C16H32O6. The molecule has 1 heterocycles. The maximum absolute atomic E-state index is 9.85. The standard InChI is InChI=1S/C16H32O6/c1-10(2)5-4-6-11(3)7-8-21-16-15(20)14(19)13(18)12(9-17)22-16/h10-20H,4-9H2,1-3H3/t11-,12?,13+,14?,15?,16+/m0/s1. The topological polar surface area (TPSA) is 99.4 Å². The molecule has 3 unspecified atom stereocenters. The second-order valence-corrected chi connectivity index (χ2v) is 6.79. The lowest BCUT2D eigenvalue weighted by atomic mass is 9.97. The summed E-state index contributed by atoms with van der Waals surface area (Å²) in [5.74, 6) is 1.24. The molecule has 1 aliphatic rings. The summed E-state index contributed by atoms with van der Waals surface area (Å²) in [5, 5.41) is 38.3. The fraction of sp³-hybridized carbons (Fsp3) is 1.00. The minimum atomic E-state index is -1.38.